The highest BCUT2D eigenvalue weighted by Crippen LogP contribution is 2.41. The molecule has 2 unspecified atom stereocenters. The number of likely N-dealkylation sites (N-methyl/N-ethyl adjacent to an activating group) is 1. The van der Waals surface area contributed by atoms with E-state index in [1.165, 1.54) is 7.11 Å². The van der Waals surface area contributed by atoms with E-state index in [4.69, 9.17) is 23.9 Å². The lowest BCUT2D eigenvalue weighted by atomic mass is 10.1. The van der Waals surface area contributed by atoms with Crippen molar-refractivity contribution in [1.29, 1.82) is 0 Å². The van der Waals surface area contributed by atoms with Crippen molar-refractivity contribution in [3.8, 4) is 23.0 Å². The first-order valence-electron chi connectivity index (χ1n) is 20.0. The summed E-state index contributed by atoms with van der Waals surface area (Å²) in [5, 5.41) is 9.52. The van der Waals surface area contributed by atoms with E-state index < -0.39 is 6.04 Å². The molecule has 3 atom stereocenters. The Kier molecular flexibility index (Phi) is 11.4. The number of methoxy groups -OCH3 is 2. The quantitative estimate of drug-likeness (QED) is 0.0953. The maximum absolute atomic E-state index is 13.9. The molecule has 0 aliphatic carbocycles. The SMILES string of the molecule is CNC(C)C(=O)Nc1cc(COc2cc3c(cc2OC)C(=O)N2c4ccccc4C[C@H]2C=N3)cc(COc2cc(NCC3Cc4ccccc4N3C=O)c(C)cc2OC)c1. The number of ether oxygens (including phenoxy) is 4. The van der Waals surface area contributed by atoms with Gasteiger partial charge in [0.2, 0.25) is 12.3 Å². The third-order valence-electron chi connectivity index (χ3n) is 11.3. The molecule has 3 N–H and O–H groups in total. The number of rotatable bonds is 15. The van der Waals surface area contributed by atoms with Gasteiger partial charge in [0, 0.05) is 54.1 Å². The van der Waals surface area contributed by atoms with E-state index in [-0.39, 0.29) is 37.1 Å². The van der Waals surface area contributed by atoms with Crippen molar-refractivity contribution in [2.45, 2.75) is 58.0 Å². The fraction of sp³-hybridized carbons (Fsp3) is 0.277. The van der Waals surface area contributed by atoms with Crippen LogP contribution < -0.4 is 44.7 Å². The van der Waals surface area contributed by atoms with Crippen LogP contribution in [0.25, 0.3) is 0 Å². The Morgan fingerprint density at radius 3 is 2.18 bits per heavy atom. The van der Waals surface area contributed by atoms with Gasteiger partial charge in [-0.25, -0.2) is 0 Å². The highest BCUT2D eigenvalue weighted by Gasteiger charge is 2.36. The first kappa shape index (κ1) is 39.9. The lowest BCUT2D eigenvalue weighted by Crippen LogP contribution is -2.37. The van der Waals surface area contributed by atoms with Crippen LogP contribution in [0.1, 0.15) is 45.1 Å². The second-order valence-electron chi connectivity index (χ2n) is 15.2. The van der Waals surface area contributed by atoms with Crippen LogP contribution in [0.3, 0.4) is 0 Å². The summed E-state index contributed by atoms with van der Waals surface area (Å²) in [4.78, 5) is 47.3. The Morgan fingerprint density at radius 1 is 0.850 bits per heavy atom. The van der Waals surface area contributed by atoms with Gasteiger partial charge in [-0.05, 0) is 97.6 Å². The van der Waals surface area contributed by atoms with Gasteiger partial charge in [0.15, 0.2) is 23.0 Å². The average molecular weight is 809 g/mol. The average Bonchev–Trinajstić information content (AvgIpc) is 3.79. The van der Waals surface area contributed by atoms with Crippen molar-refractivity contribution >= 4 is 52.9 Å². The fourth-order valence-electron chi connectivity index (χ4n) is 8.04. The minimum absolute atomic E-state index is 0.0353. The van der Waals surface area contributed by atoms with E-state index in [1.807, 2.05) is 85.9 Å². The van der Waals surface area contributed by atoms with E-state index in [0.29, 0.717) is 52.9 Å². The third kappa shape index (κ3) is 7.95. The Balaban J connectivity index is 1.01. The van der Waals surface area contributed by atoms with Crippen LogP contribution >= 0.6 is 0 Å². The fourth-order valence-corrected chi connectivity index (χ4v) is 8.04. The van der Waals surface area contributed by atoms with Gasteiger partial charge in [-0.1, -0.05) is 36.4 Å². The molecule has 0 aromatic heterocycles. The predicted molar refractivity (Wildman–Crippen MR) is 233 cm³/mol. The normalized spacial score (nSPS) is 16.5. The second-order valence-corrected chi connectivity index (χ2v) is 15.2. The lowest BCUT2D eigenvalue weighted by Gasteiger charge is -2.23. The zero-order valence-electron chi connectivity index (χ0n) is 34.3. The second kappa shape index (κ2) is 17.2. The highest BCUT2D eigenvalue weighted by atomic mass is 16.5. The number of fused-ring (bicyclic) bond motifs is 5. The monoisotopic (exact) mass is 808 g/mol. The van der Waals surface area contributed by atoms with Crippen LogP contribution in [0.15, 0.2) is 96.0 Å². The minimum atomic E-state index is -0.430. The highest BCUT2D eigenvalue weighted by molar-refractivity contribution is 6.14. The van der Waals surface area contributed by atoms with Gasteiger partial charge in [0.05, 0.1) is 43.6 Å². The van der Waals surface area contributed by atoms with E-state index >= 15 is 0 Å². The number of amides is 3. The number of benzene rings is 5. The zero-order chi connectivity index (χ0) is 41.9. The summed E-state index contributed by atoms with van der Waals surface area (Å²) in [5.74, 6) is 1.56. The van der Waals surface area contributed by atoms with Crippen LogP contribution in [-0.4, -0.2) is 70.4 Å². The van der Waals surface area contributed by atoms with Crippen molar-refractivity contribution in [3.63, 3.8) is 0 Å². The molecular formula is C47H48N6O7. The van der Waals surface area contributed by atoms with Crippen LogP contribution in [-0.2, 0) is 35.6 Å². The number of nitrogens with one attached hydrogen (secondary N) is 3. The first-order chi connectivity index (χ1) is 29.2. The third-order valence-corrected chi connectivity index (χ3v) is 11.3. The van der Waals surface area contributed by atoms with E-state index in [0.717, 1.165) is 57.7 Å². The Hall–Kier alpha value is -6.86. The van der Waals surface area contributed by atoms with Gasteiger partial charge >= 0.3 is 0 Å². The van der Waals surface area contributed by atoms with E-state index in [9.17, 15) is 14.4 Å². The summed E-state index contributed by atoms with van der Waals surface area (Å²) in [7, 11) is 4.86. The van der Waals surface area contributed by atoms with Crippen molar-refractivity contribution in [3.05, 3.63) is 124 Å². The van der Waals surface area contributed by atoms with Gasteiger partial charge < -0.3 is 39.8 Å². The van der Waals surface area contributed by atoms with Crippen LogP contribution in [0.5, 0.6) is 23.0 Å². The molecule has 13 nitrogen and oxygen atoms in total. The maximum Gasteiger partial charge on any atom is 0.261 e. The maximum atomic E-state index is 13.9. The molecule has 308 valence electrons. The van der Waals surface area contributed by atoms with Gasteiger partial charge in [-0.2, -0.15) is 0 Å². The molecule has 3 heterocycles. The molecule has 0 saturated carbocycles. The summed E-state index contributed by atoms with van der Waals surface area (Å²) in [6.45, 7) is 4.57. The van der Waals surface area contributed by atoms with Gasteiger partial charge in [0.1, 0.15) is 13.2 Å². The molecule has 8 rings (SSSR count). The number of aliphatic imine (C=N–C) groups is 1. The van der Waals surface area contributed by atoms with E-state index in [2.05, 4.69) is 22.0 Å². The predicted octanol–water partition coefficient (Wildman–Crippen LogP) is 7.00. The molecule has 3 aliphatic rings. The molecular weight excluding hydrogens is 761 g/mol. The Morgan fingerprint density at radius 2 is 1.50 bits per heavy atom. The molecule has 60 heavy (non-hydrogen) atoms. The topological polar surface area (TPSA) is 143 Å². The lowest BCUT2D eigenvalue weighted by molar-refractivity contribution is -0.117. The van der Waals surface area contributed by atoms with E-state index in [1.54, 1.807) is 43.0 Å². The standard InChI is InChI=1S/C47H48N6O7/c1-28-14-42(57-4)44(21-38(28)49-23-35-18-32-10-6-8-12-40(32)52(35)27-54)59-25-30-15-31(17-34(16-30)51-46(55)29(2)48-3)26-60-45-22-39-37(20-43(45)58-5)47(56)53-36(24-50-39)19-33-11-7-9-13-41(33)53/h6-17,20-22,24,27,29,35-36,48-49H,18-19,23,25-26H2,1-5H3,(H,51,55)/t29?,35?,36-/m0/s1. The summed E-state index contributed by atoms with van der Waals surface area (Å²) in [5.41, 5.74) is 8.92. The smallest absolute Gasteiger partial charge is 0.261 e. The summed E-state index contributed by atoms with van der Waals surface area (Å²) in [6, 6.07) is 28.1. The van der Waals surface area contributed by atoms with Crippen molar-refractivity contribution in [2.75, 3.05) is 48.2 Å². The number of aryl methyl sites for hydroxylation is 1. The number of nitrogens with zero attached hydrogens (tertiary/aromatic N) is 3. The molecule has 0 saturated heterocycles. The number of hydrogen-bond donors (Lipinski definition) is 3. The molecule has 3 amide bonds. The van der Waals surface area contributed by atoms with Crippen molar-refractivity contribution in [2.24, 2.45) is 4.99 Å². The number of carbonyl (C=O) groups excluding carboxylic acids is 3. The number of carbonyl (C=O) groups is 3. The number of hydrogen-bond acceptors (Lipinski definition) is 10. The summed E-state index contributed by atoms with van der Waals surface area (Å²) < 4.78 is 24.3. The van der Waals surface area contributed by atoms with Crippen molar-refractivity contribution < 1.29 is 33.3 Å². The molecule has 13 heteroatoms. The number of anilines is 4. The minimum Gasteiger partial charge on any atom is -0.493 e. The molecule has 3 aliphatic heterocycles. The Bertz CT molecular complexity index is 2490. The van der Waals surface area contributed by atoms with Crippen LogP contribution in [0, 0.1) is 6.92 Å². The van der Waals surface area contributed by atoms with Crippen LogP contribution in [0.4, 0.5) is 28.4 Å². The molecule has 0 fully saturated rings. The molecule has 0 radical (unpaired) electrons. The molecule has 0 bridgehead atoms. The number of para-hydroxylation sites is 2. The van der Waals surface area contributed by atoms with Crippen molar-refractivity contribution in [1.82, 2.24) is 5.32 Å². The first-order valence-corrected chi connectivity index (χ1v) is 20.0. The largest absolute Gasteiger partial charge is 0.493 e. The van der Waals surface area contributed by atoms with Gasteiger partial charge in [0.25, 0.3) is 5.91 Å². The molecule has 0 spiro atoms. The summed E-state index contributed by atoms with van der Waals surface area (Å²) in [6.07, 6.45) is 4.17. The summed E-state index contributed by atoms with van der Waals surface area (Å²) >= 11 is 0. The van der Waals surface area contributed by atoms with Crippen LogP contribution in [0.2, 0.25) is 0 Å². The van der Waals surface area contributed by atoms with Gasteiger partial charge in [-0.15, -0.1) is 0 Å². The Labute approximate surface area is 349 Å². The zero-order valence-corrected chi connectivity index (χ0v) is 34.3. The molecule has 5 aromatic rings. The van der Waals surface area contributed by atoms with Gasteiger partial charge in [-0.3, -0.25) is 24.3 Å². The molecule has 5 aromatic carbocycles.